The van der Waals surface area contributed by atoms with Gasteiger partial charge in [-0.3, -0.25) is 4.79 Å². The lowest BCUT2D eigenvalue weighted by atomic mass is 10.0. The molecule has 7 heteroatoms. The van der Waals surface area contributed by atoms with E-state index in [2.05, 4.69) is 9.59 Å². The Hall–Kier alpha value is -1.50. The number of carbonyl (C=O) groups excluding carboxylic acids is 1. The van der Waals surface area contributed by atoms with Crippen molar-refractivity contribution in [3.8, 4) is 0 Å². The van der Waals surface area contributed by atoms with E-state index in [1.807, 2.05) is 6.92 Å². The zero-order chi connectivity index (χ0) is 12.6. The third-order valence-electron chi connectivity index (χ3n) is 3.06. The molecular formula is C10H13N3O3S. The summed E-state index contributed by atoms with van der Waals surface area (Å²) in [6.45, 7) is 4.03. The first-order chi connectivity index (χ1) is 8.02. The molecule has 0 saturated carbocycles. The van der Waals surface area contributed by atoms with Gasteiger partial charge in [0.15, 0.2) is 0 Å². The summed E-state index contributed by atoms with van der Waals surface area (Å²) >= 11 is 1.01. The van der Waals surface area contributed by atoms with Crippen molar-refractivity contribution in [3.63, 3.8) is 0 Å². The van der Waals surface area contributed by atoms with E-state index in [0.29, 0.717) is 23.5 Å². The standard InChI is InChI=1S/C10H13N3O3S/c1-5-3-4-13(7(5)10(15)16)9(14)8-6(2)11-12-17-8/h5,7H,3-4H2,1-2H3,(H,15,16). The van der Waals surface area contributed by atoms with Crippen LogP contribution in [0.25, 0.3) is 0 Å². The molecule has 0 aromatic carbocycles. The maximum Gasteiger partial charge on any atom is 0.326 e. The zero-order valence-corrected chi connectivity index (χ0v) is 10.4. The number of carboxylic acids is 1. The SMILES string of the molecule is Cc1nnsc1C(=O)N1CCC(C)C1C(=O)O. The largest absolute Gasteiger partial charge is 0.480 e. The van der Waals surface area contributed by atoms with Gasteiger partial charge >= 0.3 is 5.97 Å². The molecular weight excluding hydrogens is 242 g/mol. The molecule has 6 nitrogen and oxygen atoms in total. The molecule has 1 aromatic rings. The number of hydrogen-bond acceptors (Lipinski definition) is 5. The number of aryl methyl sites for hydroxylation is 1. The fourth-order valence-electron chi connectivity index (χ4n) is 2.11. The number of carbonyl (C=O) groups is 2. The Labute approximate surface area is 102 Å². The lowest BCUT2D eigenvalue weighted by Crippen LogP contribution is -2.42. The van der Waals surface area contributed by atoms with Gasteiger partial charge in [0.25, 0.3) is 5.91 Å². The molecule has 0 radical (unpaired) electrons. The molecule has 1 aliphatic heterocycles. The Morgan fingerprint density at radius 3 is 2.76 bits per heavy atom. The fraction of sp³-hybridized carbons (Fsp3) is 0.600. The summed E-state index contributed by atoms with van der Waals surface area (Å²) in [6.07, 6.45) is 0.716. The molecule has 2 heterocycles. The van der Waals surface area contributed by atoms with Crippen molar-refractivity contribution < 1.29 is 14.7 Å². The minimum Gasteiger partial charge on any atom is -0.480 e. The average Bonchev–Trinajstić information content (AvgIpc) is 2.83. The van der Waals surface area contributed by atoms with Crippen LogP contribution in [0.3, 0.4) is 0 Å². The van der Waals surface area contributed by atoms with Gasteiger partial charge in [0.1, 0.15) is 10.9 Å². The first-order valence-corrected chi connectivity index (χ1v) is 6.12. The quantitative estimate of drug-likeness (QED) is 0.844. The van der Waals surface area contributed by atoms with E-state index in [-0.39, 0.29) is 11.8 Å². The molecule has 1 amide bonds. The topological polar surface area (TPSA) is 83.4 Å². The molecule has 2 atom stereocenters. The summed E-state index contributed by atoms with van der Waals surface area (Å²) in [5.41, 5.74) is 0.559. The van der Waals surface area contributed by atoms with Gasteiger partial charge in [0.2, 0.25) is 0 Å². The smallest absolute Gasteiger partial charge is 0.326 e. The number of nitrogens with zero attached hydrogens (tertiary/aromatic N) is 3. The number of rotatable bonds is 2. The zero-order valence-electron chi connectivity index (χ0n) is 9.58. The number of amides is 1. The first-order valence-electron chi connectivity index (χ1n) is 5.35. The molecule has 1 aliphatic rings. The molecule has 1 fully saturated rings. The van der Waals surface area contributed by atoms with Crippen molar-refractivity contribution in [2.75, 3.05) is 6.54 Å². The van der Waals surface area contributed by atoms with Crippen LogP contribution >= 0.6 is 11.5 Å². The van der Waals surface area contributed by atoms with Crippen molar-refractivity contribution in [3.05, 3.63) is 10.6 Å². The number of likely N-dealkylation sites (tertiary alicyclic amines) is 1. The van der Waals surface area contributed by atoms with Crippen LogP contribution in [0.4, 0.5) is 0 Å². The van der Waals surface area contributed by atoms with Crippen LogP contribution in [0, 0.1) is 12.8 Å². The second-order valence-electron chi connectivity index (χ2n) is 4.24. The maximum atomic E-state index is 12.2. The Morgan fingerprint density at radius 2 is 2.24 bits per heavy atom. The second kappa shape index (κ2) is 4.40. The monoisotopic (exact) mass is 255 g/mol. The number of aromatic nitrogens is 2. The van der Waals surface area contributed by atoms with Crippen LogP contribution in [0.5, 0.6) is 0 Å². The second-order valence-corrected chi connectivity index (χ2v) is 4.99. The average molecular weight is 255 g/mol. The van der Waals surface area contributed by atoms with E-state index in [0.717, 1.165) is 11.5 Å². The lowest BCUT2D eigenvalue weighted by Gasteiger charge is -2.22. The van der Waals surface area contributed by atoms with Crippen LogP contribution in [-0.4, -0.2) is 44.1 Å². The van der Waals surface area contributed by atoms with Gasteiger partial charge in [-0.15, -0.1) is 5.10 Å². The molecule has 1 aromatic heterocycles. The Morgan fingerprint density at radius 1 is 1.53 bits per heavy atom. The van der Waals surface area contributed by atoms with Gasteiger partial charge in [-0.2, -0.15) is 0 Å². The third kappa shape index (κ3) is 2.02. The van der Waals surface area contributed by atoms with Crippen LogP contribution in [-0.2, 0) is 4.79 Å². The predicted molar refractivity (Wildman–Crippen MR) is 60.9 cm³/mol. The van der Waals surface area contributed by atoms with Crippen LogP contribution in [0.2, 0.25) is 0 Å². The van der Waals surface area contributed by atoms with E-state index < -0.39 is 12.0 Å². The molecule has 2 unspecified atom stereocenters. The summed E-state index contributed by atoms with van der Waals surface area (Å²) in [5, 5.41) is 12.9. The highest BCUT2D eigenvalue weighted by Crippen LogP contribution is 2.27. The fourth-order valence-corrected chi connectivity index (χ4v) is 2.72. The van der Waals surface area contributed by atoms with E-state index in [4.69, 9.17) is 5.11 Å². The summed E-state index contributed by atoms with van der Waals surface area (Å²) < 4.78 is 3.70. The lowest BCUT2D eigenvalue weighted by molar-refractivity contribution is -0.142. The van der Waals surface area contributed by atoms with Gasteiger partial charge < -0.3 is 10.0 Å². The minimum absolute atomic E-state index is 0.0161. The van der Waals surface area contributed by atoms with Gasteiger partial charge in [0, 0.05) is 6.54 Å². The van der Waals surface area contributed by atoms with Crippen molar-refractivity contribution in [1.29, 1.82) is 0 Å². The molecule has 0 bridgehead atoms. The molecule has 17 heavy (non-hydrogen) atoms. The minimum atomic E-state index is -0.946. The molecule has 92 valence electrons. The van der Waals surface area contributed by atoms with Crippen LogP contribution in [0.15, 0.2) is 0 Å². The highest BCUT2D eigenvalue weighted by Gasteiger charge is 2.40. The summed E-state index contributed by atoms with van der Waals surface area (Å²) in [4.78, 5) is 25.2. The first kappa shape index (κ1) is 12.0. The maximum absolute atomic E-state index is 12.2. The predicted octanol–water partition coefficient (Wildman–Crippen LogP) is 0.782. The highest BCUT2D eigenvalue weighted by atomic mass is 32.1. The van der Waals surface area contributed by atoms with Gasteiger partial charge in [0.05, 0.1) is 5.69 Å². The molecule has 0 aliphatic carbocycles. The Kier molecular flexibility index (Phi) is 3.10. The van der Waals surface area contributed by atoms with Crippen LogP contribution < -0.4 is 0 Å². The number of carboxylic acid groups (broad SMARTS) is 1. The van der Waals surface area contributed by atoms with E-state index in [1.165, 1.54) is 4.90 Å². The summed E-state index contributed by atoms with van der Waals surface area (Å²) in [7, 11) is 0. The number of aliphatic carboxylic acids is 1. The normalized spacial score (nSPS) is 24.0. The van der Waals surface area contributed by atoms with Crippen LogP contribution in [0.1, 0.15) is 28.7 Å². The molecule has 1 N–H and O–H groups in total. The van der Waals surface area contributed by atoms with Gasteiger partial charge in [-0.1, -0.05) is 11.4 Å². The van der Waals surface area contributed by atoms with Crippen molar-refractivity contribution in [2.24, 2.45) is 5.92 Å². The number of hydrogen-bond donors (Lipinski definition) is 1. The summed E-state index contributed by atoms with van der Waals surface area (Å²) in [6, 6.07) is -0.732. The Balaban J connectivity index is 2.26. The van der Waals surface area contributed by atoms with Gasteiger partial charge in [-0.05, 0) is 30.8 Å². The Bertz CT molecular complexity index is 459. The molecule has 1 saturated heterocycles. The van der Waals surface area contributed by atoms with Crippen molar-refractivity contribution >= 4 is 23.4 Å². The van der Waals surface area contributed by atoms with E-state index in [9.17, 15) is 9.59 Å². The van der Waals surface area contributed by atoms with E-state index in [1.54, 1.807) is 6.92 Å². The molecule has 2 rings (SSSR count). The summed E-state index contributed by atoms with van der Waals surface area (Å²) in [5.74, 6) is -1.23. The van der Waals surface area contributed by atoms with Crippen molar-refractivity contribution in [2.45, 2.75) is 26.3 Å². The van der Waals surface area contributed by atoms with E-state index >= 15 is 0 Å². The van der Waals surface area contributed by atoms with Crippen molar-refractivity contribution in [1.82, 2.24) is 14.5 Å². The van der Waals surface area contributed by atoms with Gasteiger partial charge in [-0.25, -0.2) is 4.79 Å². The highest BCUT2D eigenvalue weighted by molar-refractivity contribution is 7.07. The third-order valence-corrected chi connectivity index (χ3v) is 3.88. The molecule has 0 spiro atoms.